The second-order valence-corrected chi connectivity index (χ2v) is 8.58. The summed E-state index contributed by atoms with van der Waals surface area (Å²) in [6, 6.07) is 10.2. The largest absolute Gasteiger partial charge is 0.456 e. The van der Waals surface area contributed by atoms with E-state index in [0.29, 0.717) is 5.92 Å². The number of ether oxygens (including phenoxy) is 1. The average molecular weight is 336 g/mol. The fourth-order valence-corrected chi connectivity index (χ4v) is 4.81. The number of thioether (sulfide) groups is 1. The maximum Gasteiger partial charge on any atom is 0.303 e. The quantitative estimate of drug-likeness (QED) is 0.607. The number of fused-ring (bicyclic) bond motifs is 2. The molecule has 5 heteroatoms. The summed E-state index contributed by atoms with van der Waals surface area (Å²) in [4.78, 5) is 23.9. The molecule has 0 spiro atoms. The van der Waals surface area contributed by atoms with Crippen molar-refractivity contribution in [2.75, 3.05) is 0 Å². The molecule has 0 unspecified atom stereocenters. The normalized spacial score (nSPS) is 39.7. The number of benzene rings is 1. The number of carbonyl (C=O) groups excluding carboxylic acids is 1. The van der Waals surface area contributed by atoms with E-state index in [-0.39, 0.29) is 5.97 Å². The van der Waals surface area contributed by atoms with Crippen LogP contribution in [-0.2, 0) is 19.3 Å². The molecule has 1 aromatic rings. The topological polar surface area (TPSA) is 44.8 Å². The van der Waals surface area contributed by atoms with Gasteiger partial charge in [0.15, 0.2) is 4.93 Å². The molecule has 1 aliphatic carbocycles. The molecule has 2 fully saturated rings. The summed E-state index contributed by atoms with van der Waals surface area (Å²) in [5, 5.41) is 0. The van der Waals surface area contributed by atoms with Crippen LogP contribution in [-0.4, -0.2) is 22.1 Å². The van der Waals surface area contributed by atoms with Gasteiger partial charge >= 0.3 is 5.97 Å². The van der Waals surface area contributed by atoms with Gasteiger partial charge in [-0.25, -0.2) is 9.78 Å². The molecule has 126 valence electrons. The van der Waals surface area contributed by atoms with E-state index in [9.17, 15) is 4.79 Å². The molecule has 0 radical (unpaired) electrons. The molecule has 4 nitrogen and oxygen atoms in total. The van der Waals surface area contributed by atoms with E-state index >= 15 is 0 Å². The molecule has 0 aromatic heterocycles. The molecule has 1 aromatic carbocycles. The van der Waals surface area contributed by atoms with E-state index in [1.807, 2.05) is 32.0 Å². The smallest absolute Gasteiger partial charge is 0.303 e. The second kappa shape index (κ2) is 5.80. The zero-order valence-electron chi connectivity index (χ0n) is 14.1. The Kier molecular flexibility index (Phi) is 4.23. The van der Waals surface area contributed by atoms with Crippen molar-refractivity contribution in [2.24, 2.45) is 5.92 Å². The Morgan fingerprint density at radius 2 is 1.91 bits per heavy atom. The lowest BCUT2D eigenvalue weighted by Gasteiger charge is -2.56. The van der Waals surface area contributed by atoms with Crippen LogP contribution >= 0.6 is 11.8 Å². The molecule has 2 bridgehead atoms. The molecule has 4 atom stereocenters. The first-order valence-electron chi connectivity index (χ1n) is 8.07. The minimum atomic E-state index is -0.645. The molecule has 2 aliphatic rings. The van der Waals surface area contributed by atoms with Crippen LogP contribution in [0.2, 0.25) is 0 Å². The third kappa shape index (κ3) is 3.02. The van der Waals surface area contributed by atoms with Crippen LogP contribution in [0.1, 0.15) is 47.0 Å². The highest BCUT2D eigenvalue weighted by Gasteiger charge is 2.61. The van der Waals surface area contributed by atoms with E-state index in [1.165, 1.54) is 6.92 Å². The first-order valence-corrected chi connectivity index (χ1v) is 8.88. The van der Waals surface area contributed by atoms with Gasteiger partial charge in [0.1, 0.15) is 11.2 Å². The van der Waals surface area contributed by atoms with Gasteiger partial charge in [0.2, 0.25) is 0 Å². The van der Waals surface area contributed by atoms with E-state index in [1.54, 1.807) is 11.8 Å². The molecule has 1 heterocycles. The Labute approximate surface area is 141 Å². The molecular weight excluding hydrogens is 312 g/mol. The van der Waals surface area contributed by atoms with Gasteiger partial charge in [-0.1, -0.05) is 30.0 Å². The third-order valence-corrected chi connectivity index (χ3v) is 6.60. The van der Waals surface area contributed by atoms with Crippen molar-refractivity contribution in [3.63, 3.8) is 0 Å². The molecule has 0 N–H and O–H groups in total. The van der Waals surface area contributed by atoms with Gasteiger partial charge in [0, 0.05) is 17.7 Å². The van der Waals surface area contributed by atoms with Gasteiger partial charge in [-0.15, -0.1) is 0 Å². The maximum atomic E-state index is 11.5. The predicted molar refractivity (Wildman–Crippen MR) is 88.8 cm³/mol. The van der Waals surface area contributed by atoms with Crippen molar-refractivity contribution in [3.05, 3.63) is 30.3 Å². The lowest BCUT2D eigenvalue weighted by Crippen LogP contribution is -2.64. The van der Waals surface area contributed by atoms with Crippen molar-refractivity contribution < 1.29 is 19.3 Å². The van der Waals surface area contributed by atoms with Crippen LogP contribution in [0, 0.1) is 5.92 Å². The number of hydrogen-bond donors (Lipinski definition) is 0. The van der Waals surface area contributed by atoms with Gasteiger partial charge in [-0.05, 0) is 52.2 Å². The molecule has 23 heavy (non-hydrogen) atoms. The van der Waals surface area contributed by atoms with Crippen molar-refractivity contribution in [1.82, 2.24) is 0 Å². The second-order valence-electron chi connectivity index (χ2n) is 7.09. The van der Waals surface area contributed by atoms with E-state index in [4.69, 9.17) is 14.5 Å². The van der Waals surface area contributed by atoms with E-state index in [2.05, 4.69) is 19.1 Å². The molecule has 1 aliphatic heterocycles. The fraction of sp³-hybridized carbons (Fsp3) is 0.611. The van der Waals surface area contributed by atoms with Crippen molar-refractivity contribution in [3.8, 4) is 0 Å². The summed E-state index contributed by atoms with van der Waals surface area (Å²) in [5.74, 6) is 0.0675. The Morgan fingerprint density at radius 1 is 1.22 bits per heavy atom. The van der Waals surface area contributed by atoms with E-state index in [0.717, 1.165) is 24.2 Å². The van der Waals surface area contributed by atoms with Crippen LogP contribution in [0.5, 0.6) is 0 Å². The van der Waals surface area contributed by atoms with Crippen LogP contribution in [0.4, 0.5) is 0 Å². The summed E-state index contributed by atoms with van der Waals surface area (Å²) < 4.78 is 5.60. The van der Waals surface area contributed by atoms with Gasteiger partial charge in [-0.2, -0.15) is 0 Å². The van der Waals surface area contributed by atoms with Gasteiger partial charge in [0.05, 0.1) is 0 Å². The van der Waals surface area contributed by atoms with Crippen LogP contribution in [0.3, 0.4) is 0 Å². The highest BCUT2D eigenvalue weighted by molar-refractivity contribution is 8.00. The Bertz CT molecular complexity index is 592. The molecule has 0 amide bonds. The molecule has 1 saturated carbocycles. The van der Waals surface area contributed by atoms with Crippen LogP contribution in [0.15, 0.2) is 35.2 Å². The lowest BCUT2D eigenvalue weighted by molar-refractivity contribution is -0.458. The predicted octanol–water partition coefficient (Wildman–Crippen LogP) is 4.34. The van der Waals surface area contributed by atoms with E-state index < -0.39 is 16.1 Å². The monoisotopic (exact) mass is 336 g/mol. The third-order valence-electron chi connectivity index (χ3n) is 5.29. The average Bonchev–Trinajstić information content (AvgIpc) is 2.48. The van der Waals surface area contributed by atoms with Gasteiger partial charge in [0.25, 0.3) is 0 Å². The molecule has 3 rings (SSSR count). The summed E-state index contributed by atoms with van der Waals surface area (Å²) in [7, 11) is 0. The maximum absolute atomic E-state index is 11.5. The number of esters is 1. The fourth-order valence-electron chi connectivity index (χ4n) is 3.61. The van der Waals surface area contributed by atoms with Crippen LogP contribution < -0.4 is 0 Å². The molecular formula is C18H24O4S. The highest BCUT2D eigenvalue weighted by atomic mass is 32.2. The first kappa shape index (κ1) is 16.8. The highest BCUT2D eigenvalue weighted by Crippen LogP contribution is 2.56. The number of rotatable bonds is 3. The SMILES string of the molecule is CC(=O)O[C@]1(C)CC[C@@H]2C[C@@]1(C)OO[C@]2(C)Sc1ccccc1. The Balaban J connectivity index is 1.79. The van der Waals surface area contributed by atoms with Gasteiger partial charge < -0.3 is 4.74 Å². The number of hydrogen-bond acceptors (Lipinski definition) is 5. The summed E-state index contributed by atoms with van der Waals surface area (Å²) >= 11 is 1.69. The summed E-state index contributed by atoms with van der Waals surface area (Å²) in [6.07, 6.45) is 2.54. The Morgan fingerprint density at radius 3 is 2.57 bits per heavy atom. The lowest BCUT2D eigenvalue weighted by atomic mass is 9.67. The van der Waals surface area contributed by atoms with Crippen molar-refractivity contribution >= 4 is 17.7 Å². The minimum Gasteiger partial charge on any atom is -0.456 e. The Hall–Kier alpha value is -1.04. The number of carbonyl (C=O) groups is 1. The minimum absolute atomic E-state index is 0.275. The zero-order valence-corrected chi connectivity index (χ0v) is 14.9. The summed E-state index contributed by atoms with van der Waals surface area (Å²) in [6.45, 7) is 7.46. The molecule has 1 saturated heterocycles. The first-order chi connectivity index (χ1) is 10.8. The summed E-state index contributed by atoms with van der Waals surface area (Å²) in [5.41, 5.74) is -1.26. The van der Waals surface area contributed by atoms with Crippen molar-refractivity contribution in [1.29, 1.82) is 0 Å². The van der Waals surface area contributed by atoms with Crippen LogP contribution in [0.25, 0.3) is 0 Å². The van der Waals surface area contributed by atoms with Gasteiger partial charge in [-0.3, -0.25) is 4.79 Å². The van der Waals surface area contributed by atoms with Crippen molar-refractivity contribution in [2.45, 2.75) is 68.0 Å². The standard InChI is InChI=1S/C18H24O4S/c1-13(19)20-16(2)11-10-14-12-17(16,3)21-22-18(14,4)23-15-8-6-5-7-9-15/h5-9,14H,10-12H2,1-4H3/t14-,16-,17-,18-/m1/s1. The zero-order chi connectivity index (χ0) is 16.7.